The lowest BCUT2D eigenvalue weighted by Crippen LogP contribution is -2.32. The fraction of sp³-hybridized carbons (Fsp3) is 0.714. The Balaban J connectivity index is 4.12. The van der Waals surface area contributed by atoms with Crippen LogP contribution in [0.1, 0.15) is 12.8 Å². The average Bonchev–Trinajstić information content (AvgIpc) is 2.20. The Hall–Kier alpha value is -0.970. The van der Waals surface area contributed by atoms with Gasteiger partial charge in [0.1, 0.15) is 6.04 Å². The molecule has 5 N–H and O–H groups in total. The molecule has 0 unspecified atom stereocenters. The van der Waals surface area contributed by atoms with Crippen molar-refractivity contribution in [2.75, 3.05) is 13.7 Å². The molecule has 0 aliphatic heterocycles. The van der Waals surface area contributed by atoms with Crippen LogP contribution in [0.15, 0.2) is 4.99 Å². The fourth-order valence-corrected chi connectivity index (χ4v) is 2.15. The largest absolute Gasteiger partial charge is 0.468 e. The molecule has 0 heterocycles. The lowest BCUT2D eigenvalue weighted by Gasteiger charge is -2.10. The van der Waals surface area contributed by atoms with Crippen molar-refractivity contribution in [3.05, 3.63) is 0 Å². The van der Waals surface area contributed by atoms with Gasteiger partial charge in [-0.3, -0.25) is 9.79 Å². The quantitative estimate of drug-likeness (QED) is 0.138. The summed E-state index contributed by atoms with van der Waals surface area (Å²) in [5.74, 6) is -0.651. The lowest BCUT2D eigenvalue weighted by molar-refractivity contribution is -0.142. The number of aliphatic imine (C=N–C) groups is 1. The molecular formula is C7H15IN4O4. The molecule has 1 atom stereocenters. The number of rotatable bonds is 7. The molecule has 0 saturated carbocycles. The van der Waals surface area contributed by atoms with E-state index in [4.69, 9.17) is 11.5 Å². The van der Waals surface area contributed by atoms with Gasteiger partial charge in [0.25, 0.3) is 0 Å². The molecule has 0 bridgehead atoms. The van der Waals surface area contributed by atoms with Gasteiger partial charge in [-0.2, -0.15) is 3.53 Å². The van der Waals surface area contributed by atoms with Crippen molar-refractivity contribution in [2.24, 2.45) is 16.5 Å². The number of hydrogen-bond donors (Lipinski definition) is 3. The average molecular weight is 346 g/mol. The molecule has 94 valence electrons. The molecular weight excluding hydrogens is 331 g/mol. The zero-order valence-electron chi connectivity index (χ0n) is 8.81. The van der Waals surface area contributed by atoms with E-state index in [2.05, 4.69) is 13.3 Å². The van der Waals surface area contributed by atoms with Crippen molar-refractivity contribution in [3.8, 4) is 0 Å². The third kappa shape index (κ3) is 7.34. The molecule has 8 nitrogen and oxygen atoms in total. The number of nitrogens with one attached hydrogen (secondary N) is 1. The van der Waals surface area contributed by atoms with Gasteiger partial charge in [-0.05, 0) is 12.8 Å². The number of ether oxygens (including phenoxy) is 1. The Morgan fingerprint density at radius 3 is 2.56 bits per heavy atom. The molecule has 9 heteroatoms. The SMILES string of the molecule is COC(=O)[C@H](CCCN=C(N)N)NI(=O)=O. The number of hydrogen-bond acceptors (Lipinski definition) is 5. The van der Waals surface area contributed by atoms with Gasteiger partial charge in [0.2, 0.25) is 0 Å². The van der Waals surface area contributed by atoms with Gasteiger partial charge in [-0.25, -0.2) is 6.14 Å². The van der Waals surface area contributed by atoms with E-state index in [-0.39, 0.29) is 5.96 Å². The van der Waals surface area contributed by atoms with Gasteiger partial charge in [-0.1, -0.05) is 0 Å². The maximum atomic E-state index is 11.2. The van der Waals surface area contributed by atoms with Crippen LogP contribution in [0.25, 0.3) is 0 Å². The second-order valence-electron chi connectivity index (χ2n) is 2.85. The van der Waals surface area contributed by atoms with Crippen LogP contribution in [-0.4, -0.2) is 31.6 Å². The Morgan fingerprint density at radius 2 is 2.12 bits per heavy atom. The molecule has 0 rings (SSSR count). The number of esters is 1. The van der Waals surface area contributed by atoms with Crippen molar-refractivity contribution >= 4 is 32.0 Å². The maximum Gasteiger partial charge on any atom is 0.389 e. The van der Waals surface area contributed by atoms with Crippen LogP contribution in [-0.2, 0) is 15.7 Å². The summed E-state index contributed by atoms with van der Waals surface area (Å²) in [5.41, 5.74) is 10.2. The smallest absolute Gasteiger partial charge is 0.389 e. The van der Waals surface area contributed by atoms with Gasteiger partial charge < -0.3 is 16.2 Å². The van der Waals surface area contributed by atoms with Gasteiger partial charge in [0.15, 0.2) is 5.96 Å². The monoisotopic (exact) mass is 346 g/mol. The lowest BCUT2D eigenvalue weighted by atomic mass is 10.2. The van der Waals surface area contributed by atoms with Gasteiger partial charge in [0, 0.05) is 6.54 Å². The summed E-state index contributed by atoms with van der Waals surface area (Å²) in [5, 5.41) is 0. The number of halogens is 1. The van der Waals surface area contributed by atoms with Crippen LogP contribution in [0.5, 0.6) is 0 Å². The van der Waals surface area contributed by atoms with Gasteiger partial charge in [-0.15, -0.1) is 0 Å². The minimum Gasteiger partial charge on any atom is -0.468 e. The first-order valence-corrected chi connectivity index (χ1v) is 7.26. The van der Waals surface area contributed by atoms with E-state index >= 15 is 0 Å². The minimum absolute atomic E-state index is 0.0383. The predicted molar refractivity (Wildman–Crippen MR) is 64.2 cm³/mol. The summed E-state index contributed by atoms with van der Waals surface area (Å²) in [7, 11) is 1.20. The Labute approximate surface area is 100 Å². The van der Waals surface area contributed by atoms with Gasteiger partial charge in [0.05, 0.1) is 7.11 Å². The molecule has 0 aromatic heterocycles. The number of guanidine groups is 1. The highest BCUT2D eigenvalue weighted by atomic mass is 127. The van der Waals surface area contributed by atoms with E-state index in [0.717, 1.165) is 0 Å². The standard InChI is InChI=1S/C7H15IN4O4/c1-16-6(13)5(12-8(14)15)3-2-4-11-7(9)10/h5H,2-4H2,1H3,(H4,9,10,11)(H,12,14,15)/t5-/m0/s1. The van der Waals surface area contributed by atoms with Crippen molar-refractivity contribution in [3.63, 3.8) is 0 Å². The van der Waals surface area contributed by atoms with Crippen LogP contribution in [0.3, 0.4) is 0 Å². The van der Waals surface area contributed by atoms with Crippen LogP contribution in [0.2, 0.25) is 0 Å². The number of methoxy groups -OCH3 is 1. The minimum atomic E-state index is -3.66. The third-order valence-corrected chi connectivity index (χ3v) is 2.91. The topological polar surface area (TPSA) is 137 Å². The molecule has 0 fully saturated rings. The van der Waals surface area contributed by atoms with Crippen LogP contribution in [0, 0.1) is 0 Å². The first-order chi connectivity index (χ1) is 7.47. The predicted octanol–water partition coefficient (Wildman–Crippen LogP) is -0.716. The summed E-state index contributed by atoms with van der Waals surface area (Å²) in [4.78, 5) is 14.9. The van der Waals surface area contributed by atoms with E-state index in [1.807, 2.05) is 0 Å². The summed E-state index contributed by atoms with van der Waals surface area (Å²) >= 11 is -3.66. The number of nitrogens with two attached hydrogens (primary N) is 2. The normalized spacial score (nSPS) is 12.1. The molecule has 0 aromatic carbocycles. The zero-order chi connectivity index (χ0) is 12.6. The Morgan fingerprint density at radius 1 is 1.50 bits per heavy atom. The molecule has 0 saturated heterocycles. The van der Waals surface area contributed by atoms with E-state index in [9.17, 15) is 10.9 Å². The van der Waals surface area contributed by atoms with Crippen LogP contribution in [0.4, 0.5) is 0 Å². The number of carbonyl (C=O) groups is 1. The van der Waals surface area contributed by atoms with E-state index < -0.39 is 32.1 Å². The third-order valence-electron chi connectivity index (χ3n) is 1.65. The van der Waals surface area contributed by atoms with E-state index in [1.54, 1.807) is 0 Å². The molecule has 0 amide bonds. The summed E-state index contributed by atoms with van der Waals surface area (Å²) in [6.07, 6.45) is 0.774. The highest BCUT2D eigenvalue weighted by Gasteiger charge is 2.19. The molecule has 0 spiro atoms. The number of nitrogens with zero attached hydrogens (tertiary/aromatic N) is 1. The second kappa shape index (κ2) is 8.21. The number of carbonyl (C=O) groups excluding carboxylic acids is 1. The molecule has 0 aliphatic carbocycles. The maximum absolute atomic E-state index is 11.2. The van der Waals surface area contributed by atoms with Crippen molar-refractivity contribution < 1.29 is 15.7 Å². The van der Waals surface area contributed by atoms with Crippen molar-refractivity contribution in [2.45, 2.75) is 18.9 Å². The van der Waals surface area contributed by atoms with Gasteiger partial charge >= 0.3 is 26.0 Å². The molecule has 0 radical (unpaired) electrons. The first kappa shape index (κ1) is 15.0. The van der Waals surface area contributed by atoms with E-state index in [0.29, 0.717) is 19.4 Å². The fourth-order valence-electron chi connectivity index (χ4n) is 0.970. The Bertz CT molecular complexity index is 316. The van der Waals surface area contributed by atoms with Crippen LogP contribution >= 0.6 is 20.1 Å². The van der Waals surface area contributed by atoms with Crippen molar-refractivity contribution in [1.29, 1.82) is 0 Å². The molecule has 0 aliphatic rings. The van der Waals surface area contributed by atoms with Crippen LogP contribution < -0.4 is 15.0 Å². The molecule has 16 heavy (non-hydrogen) atoms. The van der Waals surface area contributed by atoms with E-state index in [1.165, 1.54) is 7.11 Å². The summed E-state index contributed by atoms with van der Waals surface area (Å²) in [6, 6.07) is -0.848. The Kier molecular flexibility index (Phi) is 7.72. The molecule has 0 aromatic rings. The second-order valence-corrected chi connectivity index (χ2v) is 4.71. The summed E-state index contributed by atoms with van der Waals surface area (Å²) in [6.45, 7) is 0.337. The summed E-state index contributed by atoms with van der Waals surface area (Å²) < 4.78 is 27.7. The van der Waals surface area contributed by atoms with Crippen molar-refractivity contribution in [1.82, 2.24) is 3.53 Å². The zero-order valence-corrected chi connectivity index (χ0v) is 11.0. The first-order valence-electron chi connectivity index (χ1n) is 4.42. The highest BCUT2D eigenvalue weighted by Crippen LogP contribution is 2.07. The highest BCUT2D eigenvalue weighted by molar-refractivity contribution is 14.2.